The Hall–Kier alpha value is -1.81. The molecule has 0 radical (unpaired) electrons. The Balaban J connectivity index is 1.76. The molecular formula is C12H12F3NO5S. The van der Waals surface area contributed by atoms with Gasteiger partial charge in [0.05, 0.1) is 13.1 Å². The minimum absolute atomic E-state index is 0.0164. The first-order valence-corrected chi connectivity index (χ1v) is 7.55. The molecule has 1 fully saturated rings. The van der Waals surface area contributed by atoms with Crippen molar-refractivity contribution in [2.75, 3.05) is 13.1 Å². The first-order valence-electron chi connectivity index (χ1n) is 6.14. The van der Waals surface area contributed by atoms with E-state index < -0.39 is 27.8 Å². The van der Waals surface area contributed by atoms with E-state index in [2.05, 4.69) is 4.18 Å². The van der Waals surface area contributed by atoms with E-state index in [1.165, 1.54) is 0 Å². The van der Waals surface area contributed by atoms with Crippen LogP contribution in [0.4, 0.5) is 18.0 Å². The van der Waals surface area contributed by atoms with Crippen LogP contribution in [0.25, 0.3) is 0 Å². The highest BCUT2D eigenvalue weighted by atomic mass is 32.2. The first kappa shape index (κ1) is 16.6. The van der Waals surface area contributed by atoms with Crippen LogP contribution >= 0.6 is 0 Å². The zero-order valence-electron chi connectivity index (χ0n) is 11.1. The highest BCUT2D eigenvalue weighted by molar-refractivity contribution is 7.87. The average molecular weight is 339 g/mol. The number of halogens is 3. The van der Waals surface area contributed by atoms with E-state index in [9.17, 15) is 26.4 Å². The molecule has 1 amide bonds. The molecule has 0 aromatic heterocycles. The molecule has 0 bridgehead atoms. The second-order valence-corrected chi connectivity index (χ2v) is 6.13. The molecule has 1 aromatic rings. The Morgan fingerprint density at radius 3 is 2.36 bits per heavy atom. The zero-order valence-corrected chi connectivity index (χ0v) is 11.9. The maximum Gasteiger partial charge on any atom is 0.523 e. The highest BCUT2D eigenvalue weighted by Gasteiger charge is 2.50. The van der Waals surface area contributed by atoms with Gasteiger partial charge in [0.25, 0.3) is 0 Å². The van der Waals surface area contributed by atoms with E-state index in [-0.39, 0.29) is 19.7 Å². The summed E-state index contributed by atoms with van der Waals surface area (Å²) in [6, 6.07) is 8.80. The van der Waals surface area contributed by atoms with Crippen LogP contribution in [0, 0.1) is 0 Å². The minimum atomic E-state index is -5.64. The fraction of sp³-hybridized carbons (Fsp3) is 0.417. The highest BCUT2D eigenvalue weighted by Crippen LogP contribution is 2.28. The van der Waals surface area contributed by atoms with Gasteiger partial charge >= 0.3 is 21.7 Å². The van der Waals surface area contributed by atoms with Gasteiger partial charge in [0, 0.05) is 0 Å². The van der Waals surface area contributed by atoms with Crippen molar-refractivity contribution in [1.82, 2.24) is 4.90 Å². The molecule has 0 aliphatic carbocycles. The molecule has 0 atom stereocenters. The first-order chi connectivity index (χ1) is 10.2. The van der Waals surface area contributed by atoms with Crippen molar-refractivity contribution < 1.29 is 35.3 Å². The van der Waals surface area contributed by atoms with Crippen LogP contribution in [0.2, 0.25) is 0 Å². The predicted octanol–water partition coefficient (Wildman–Crippen LogP) is 1.87. The summed E-state index contributed by atoms with van der Waals surface area (Å²) in [4.78, 5) is 12.6. The van der Waals surface area contributed by atoms with Gasteiger partial charge in [0.15, 0.2) is 0 Å². The molecule has 0 N–H and O–H groups in total. The van der Waals surface area contributed by atoms with E-state index in [0.29, 0.717) is 0 Å². The summed E-state index contributed by atoms with van der Waals surface area (Å²) >= 11 is 0. The molecule has 1 saturated heterocycles. The van der Waals surface area contributed by atoms with Gasteiger partial charge in [-0.15, -0.1) is 0 Å². The lowest BCUT2D eigenvalue weighted by atomic mass is 10.2. The molecule has 1 aliphatic rings. The van der Waals surface area contributed by atoms with Crippen LogP contribution < -0.4 is 0 Å². The molecule has 10 heteroatoms. The SMILES string of the molecule is O=C(OCc1ccccc1)N1CC(OS(=O)(=O)C(F)(F)F)C1. The molecular weight excluding hydrogens is 327 g/mol. The third-order valence-corrected chi connectivity index (χ3v) is 3.95. The zero-order chi connectivity index (χ0) is 16.4. The Morgan fingerprint density at radius 2 is 1.82 bits per heavy atom. The number of ether oxygens (including phenoxy) is 1. The Labute approximate surface area is 124 Å². The summed E-state index contributed by atoms with van der Waals surface area (Å²) < 4.78 is 66.7. The number of nitrogens with zero attached hydrogens (tertiary/aromatic N) is 1. The summed E-state index contributed by atoms with van der Waals surface area (Å²) in [5.41, 5.74) is -4.72. The maximum atomic E-state index is 12.1. The normalized spacial score (nSPS) is 16.2. The van der Waals surface area contributed by atoms with E-state index in [1.54, 1.807) is 30.3 Å². The van der Waals surface area contributed by atoms with Crippen molar-refractivity contribution in [2.45, 2.75) is 18.2 Å². The Bertz CT molecular complexity index is 626. The number of alkyl halides is 3. The summed E-state index contributed by atoms with van der Waals surface area (Å²) in [6.45, 7) is -0.533. The largest absolute Gasteiger partial charge is 0.523 e. The number of rotatable bonds is 4. The van der Waals surface area contributed by atoms with Gasteiger partial charge in [-0.2, -0.15) is 21.6 Å². The lowest BCUT2D eigenvalue weighted by Crippen LogP contribution is -2.56. The number of benzene rings is 1. The number of hydrogen-bond acceptors (Lipinski definition) is 5. The molecule has 122 valence electrons. The van der Waals surface area contributed by atoms with Crippen LogP contribution in [0.1, 0.15) is 5.56 Å². The number of hydrogen-bond donors (Lipinski definition) is 0. The van der Waals surface area contributed by atoms with Gasteiger partial charge in [-0.05, 0) is 5.56 Å². The van der Waals surface area contributed by atoms with E-state index in [1.807, 2.05) is 0 Å². The third-order valence-electron chi connectivity index (χ3n) is 2.86. The van der Waals surface area contributed by atoms with Crippen LogP contribution in [-0.2, 0) is 25.6 Å². The Kier molecular flexibility index (Phi) is 4.61. The summed E-state index contributed by atoms with van der Waals surface area (Å²) in [7, 11) is -5.64. The lowest BCUT2D eigenvalue weighted by Gasteiger charge is -2.37. The molecule has 1 aliphatic heterocycles. The van der Waals surface area contributed by atoms with E-state index in [0.717, 1.165) is 10.5 Å². The van der Waals surface area contributed by atoms with Crippen molar-refractivity contribution in [3.8, 4) is 0 Å². The van der Waals surface area contributed by atoms with Crippen LogP contribution in [0.3, 0.4) is 0 Å². The van der Waals surface area contributed by atoms with Gasteiger partial charge in [0.1, 0.15) is 12.7 Å². The van der Waals surface area contributed by atoms with Gasteiger partial charge in [-0.3, -0.25) is 4.18 Å². The number of carbonyl (C=O) groups is 1. The van der Waals surface area contributed by atoms with Gasteiger partial charge in [-0.25, -0.2) is 4.79 Å². The van der Waals surface area contributed by atoms with Crippen molar-refractivity contribution in [3.63, 3.8) is 0 Å². The maximum absolute atomic E-state index is 12.1. The number of carbonyl (C=O) groups excluding carboxylic acids is 1. The molecule has 1 aromatic carbocycles. The van der Waals surface area contributed by atoms with Gasteiger partial charge in [-0.1, -0.05) is 30.3 Å². The van der Waals surface area contributed by atoms with Gasteiger partial charge in [0.2, 0.25) is 0 Å². The van der Waals surface area contributed by atoms with Crippen molar-refractivity contribution in [1.29, 1.82) is 0 Å². The Morgan fingerprint density at radius 1 is 1.23 bits per heavy atom. The average Bonchev–Trinajstić information content (AvgIpc) is 2.39. The molecule has 0 saturated carbocycles. The fourth-order valence-electron chi connectivity index (χ4n) is 1.69. The van der Waals surface area contributed by atoms with Gasteiger partial charge < -0.3 is 9.64 Å². The fourth-order valence-corrected chi connectivity index (χ4v) is 2.28. The number of likely N-dealkylation sites (tertiary alicyclic amines) is 1. The van der Waals surface area contributed by atoms with Crippen LogP contribution in [0.5, 0.6) is 0 Å². The van der Waals surface area contributed by atoms with Crippen LogP contribution in [-0.4, -0.2) is 44.1 Å². The topological polar surface area (TPSA) is 72.9 Å². The smallest absolute Gasteiger partial charge is 0.445 e. The monoisotopic (exact) mass is 339 g/mol. The third kappa shape index (κ3) is 3.89. The van der Waals surface area contributed by atoms with E-state index >= 15 is 0 Å². The molecule has 0 unspecified atom stereocenters. The summed E-state index contributed by atoms with van der Waals surface area (Å²) in [5.74, 6) is 0. The molecule has 0 spiro atoms. The molecule has 22 heavy (non-hydrogen) atoms. The quantitative estimate of drug-likeness (QED) is 0.619. The van der Waals surface area contributed by atoms with Crippen molar-refractivity contribution in [3.05, 3.63) is 35.9 Å². The second kappa shape index (κ2) is 6.13. The number of amides is 1. The van der Waals surface area contributed by atoms with Crippen molar-refractivity contribution in [2.24, 2.45) is 0 Å². The minimum Gasteiger partial charge on any atom is -0.445 e. The molecule has 2 rings (SSSR count). The summed E-state index contributed by atoms with van der Waals surface area (Å²) in [5, 5.41) is 0. The predicted molar refractivity (Wildman–Crippen MR) is 68.0 cm³/mol. The molecule has 6 nitrogen and oxygen atoms in total. The molecule has 1 heterocycles. The lowest BCUT2D eigenvalue weighted by molar-refractivity contribution is -0.0653. The van der Waals surface area contributed by atoms with E-state index in [4.69, 9.17) is 4.74 Å². The van der Waals surface area contributed by atoms with Crippen LogP contribution in [0.15, 0.2) is 30.3 Å². The summed E-state index contributed by atoms with van der Waals surface area (Å²) in [6.07, 6.45) is -1.95. The second-order valence-electron chi connectivity index (χ2n) is 4.56. The standard InChI is InChI=1S/C12H12F3NO5S/c13-12(14,15)22(18,19)21-10-6-16(7-10)11(17)20-8-9-4-2-1-3-5-9/h1-5,10H,6-8H2. The van der Waals surface area contributed by atoms with Crippen molar-refractivity contribution >= 4 is 16.2 Å².